The van der Waals surface area contributed by atoms with E-state index in [2.05, 4.69) is 10.0 Å². The van der Waals surface area contributed by atoms with Crippen LogP contribution in [0.4, 0.5) is 5.69 Å². The molecule has 0 unspecified atom stereocenters. The third-order valence-corrected chi connectivity index (χ3v) is 4.12. The molecule has 0 saturated carbocycles. The van der Waals surface area contributed by atoms with Crippen molar-refractivity contribution in [1.29, 1.82) is 0 Å². The van der Waals surface area contributed by atoms with E-state index >= 15 is 0 Å². The van der Waals surface area contributed by atoms with Gasteiger partial charge in [0.15, 0.2) is 0 Å². The fourth-order valence-electron chi connectivity index (χ4n) is 1.57. The van der Waals surface area contributed by atoms with Gasteiger partial charge in [-0.15, -0.1) is 0 Å². The second-order valence-corrected chi connectivity index (χ2v) is 5.86. The molecule has 1 aromatic carbocycles. The smallest absolute Gasteiger partial charge is 0.240 e. The zero-order valence-electron chi connectivity index (χ0n) is 11.1. The molecule has 0 atom stereocenters. The summed E-state index contributed by atoms with van der Waals surface area (Å²) in [4.78, 5) is 11.4. The molecule has 0 aliphatic rings. The number of amides is 1. The number of anilines is 1. The van der Waals surface area contributed by atoms with Crippen molar-refractivity contribution in [2.75, 3.05) is 18.8 Å². The highest BCUT2D eigenvalue weighted by molar-refractivity contribution is 7.89. The van der Waals surface area contributed by atoms with Crippen molar-refractivity contribution in [2.24, 2.45) is 0 Å². The van der Waals surface area contributed by atoms with Crippen molar-refractivity contribution in [2.45, 2.75) is 25.2 Å². The minimum absolute atomic E-state index is 0.0579. The number of nitrogen functional groups attached to an aromatic ring is 1. The van der Waals surface area contributed by atoms with Crippen LogP contribution in [0, 0.1) is 6.92 Å². The van der Waals surface area contributed by atoms with Crippen LogP contribution in [0.25, 0.3) is 0 Å². The maximum absolute atomic E-state index is 12.0. The van der Waals surface area contributed by atoms with Crippen molar-refractivity contribution in [3.8, 4) is 0 Å². The highest BCUT2D eigenvalue weighted by atomic mass is 32.2. The van der Waals surface area contributed by atoms with Gasteiger partial charge in [0.2, 0.25) is 15.9 Å². The van der Waals surface area contributed by atoms with E-state index in [0.717, 1.165) is 0 Å². The molecule has 0 aromatic heterocycles. The molecule has 0 fully saturated rings. The van der Waals surface area contributed by atoms with Gasteiger partial charge in [-0.05, 0) is 31.5 Å². The van der Waals surface area contributed by atoms with E-state index in [1.165, 1.54) is 6.07 Å². The molecular formula is C12H19N3O3S. The molecule has 4 N–H and O–H groups in total. The van der Waals surface area contributed by atoms with Crippen LogP contribution in [0.3, 0.4) is 0 Å². The summed E-state index contributed by atoms with van der Waals surface area (Å²) in [6, 6.07) is 4.69. The molecule has 0 aliphatic carbocycles. The van der Waals surface area contributed by atoms with E-state index in [4.69, 9.17) is 5.73 Å². The second-order valence-electron chi connectivity index (χ2n) is 4.13. The number of nitrogens with two attached hydrogens (primary N) is 1. The number of nitrogens with one attached hydrogen (secondary N) is 2. The van der Waals surface area contributed by atoms with Gasteiger partial charge in [-0.3, -0.25) is 4.79 Å². The lowest BCUT2D eigenvalue weighted by molar-refractivity contribution is -0.120. The Balaban J connectivity index is 2.71. The standard InChI is InChI=1S/C12H19N3O3S/c1-3-14-12(16)6-7-15-19(17,18)11-8-10(13)5-4-9(11)2/h4-5,8,15H,3,6-7,13H2,1-2H3,(H,14,16). The van der Waals surface area contributed by atoms with Gasteiger partial charge < -0.3 is 11.1 Å². The normalized spacial score (nSPS) is 11.3. The van der Waals surface area contributed by atoms with Crippen molar-refractivity contribution >= 4 is 21.6 Å². The molecule has 19 heavy (non-hydrogen) atoms. The summed E-state index contributed by atoms with van der Waals surface area (Å²) in [6.07, 6.45) is 0.106. The zero-order valence-corrected chi connectivity index (χ0v) is 11.9. The van der Waals surface area contributed by atoms with Crippen LogP contribution in [-0.4, -0.2) is 27.4 Å². The first-order valence-electron chi connectivity index (χ1n) is 5.99. The number of carbonyl (C=O) groups is 1. The summed E-state index contributed by atoms with van der Waals surface area (Å²) in [5, 5.41) is 2.60. The Hall–Kier alpha value is -1.60. The Morgan fingerprint density at radius 2 is 2.05 bits per heavy atom. The van der Waals surface area contributed by atoms with Crippen LogP contribution < -0.4 is 15.8 Å². The average molecular weight is 285 g/mol. The number of carbonyl (C=O) groups excluding carboxylic acids is 1. The fraction of sp³-hybridized carbons (Fsp3) is 0.417. The Morgan fingerprint density at radius 3 is 2.68 bits per heavy atom. The minimum Gasteiger partial charge on any atom is -0.399 e. The van der Waals surface area contributed by atoms with Crippen LogP contribution >= 0.6 is 0 Å². The van der Waals surface area contributed by atoms with Crippen molar-refractivity contribution in [1.82, 2.24) is 10.0 Å². The van der Waals surface area contributed by atoms with E-state index in [-0.39, 0.29) is 23.8 Å². The Morgan fingerprint density at radius 1 is 1.37 bits per heavy atom. The number of aryl methyl sites for hydroxylation is 1. The topological polar surface area (TPSA) is 101 Å². The summed E-state index contributed by atoms with van der Waals surface area (Å²) in [7, 11) is -3.63. The van der Waals surface area contributed by atoms with Gasteiger partial charge >= 0.3 is 0 Å². The summed E-state index contributed by atoms with van der Waals surface area (Å²) in [5.41, 5.74) is 6.58. The monoisotopic (exact) mass is 285 g/mol. The maximum Gasteiger partial charge on any atom is 0.240 e. The maximum atomic E-state index is 12.0. The summed E-state index contributed by atoms with van der Waals surface area (Å²) >= 11 is 0. The quantitative estimate of drug-likeness (QED) is 0.658. The van der Waals surface area contributed by atoms with E-state index in [9.17, 15) is 13.2 Å². The second kappa shape index (κ2) is 6.53. The van der Waals surface area contributed by atoms with E-state index in [1.807, 2.05) is 0 Å². The van der Waals surface area contributed by atoms with Gasteiger partial charge in [-0.25, -0.2) is 13.1 Å². The predicted molar refractivity (Wildman–Crippen MR) is 74.1 cm³/mol. The molecule has 0 saturated heterocycles. The molecule has 1 amide bonds. The van der Waals surface area contributed by atoms with E-state index < -0.39 is 10.0 Å². The van der Waals surface area contributed by atoms with Crippen LogP contribution in [0.5, 0.6) is 0 Å². The largest absolute Gasteiger partial charge is 0.399 e. The number of hydrogen-bond donors (Lipinski definition) is 3. The first-order valence-corrected chi connectivity index (χ1v) is 7.47. The van der Waals surface area contributed by atoms with Crippen molar-refractivity contribution in [3.05, 3.63) is 23.8 Å². The van der Waals surface area contributed by atoms with Gasteiger partial charge in [-0.2, -0.15) is 0 Å². The van der Waals surface area contributed by atoms with Gasteiger partial charge in [0.1, 0.15) is 0 Å². The van der Waals surface area contributed by atoms with Gasteiger partial charge in [-0.1, -0.05) is 6.07 Å². The third-order valence-electron chi connectivity index (χ3n) is 2.52. The van der Waals surface area contributed by atoms with Crippen LogP contribution in [0.15, 0.2) is 23.1 Å². The minimum atomic E-state index is -3.63. The Labute approximate surface area is 113 Å². The molecule has 6 nitrogen and oxygen atoms in total. The summed E-state index contributed by atoms with van der Waals surface area (Å²) < 4.78 is 26.5. The van der Waals surface area contributed by atoms with Crippen LogP contribution in [-0.2, 0) is 14.8 Å². The van der Waals surface area contributed by atoms with Gasteiger partial charge in [0.25, 0.3) is 0 Å². The first-order chi connectivity index (χ1) is 8.86. The van der Waals surface area contributed by atoms with E-state index in [0.29, 0.717) is 17.8 Å². The molecule has 0 spiro atoms. The van der Waals surface area contributed by atoms with Crippen LogP contribution in [0.2, 0.25) is 0 Å². The first kappa shape index (κ1) is 15.5. The molecule has 0 bridgehead atoms. The van der Waals surface area contributed by atoms with Gasteiger partial charge in [0.05, 0.1) is 4.90 Å². The Kier molecular flexibility index (Phi) is 5.31. The lowest BCUT2D eigenvalue weighted by Crippen LogP contribution is -2.31. The van der Waals surface area contributed by atoms with E-state index in [1.54, 1.807) is 26.0 Å². The fourth-order valence-corrected chi connectivity index (χ4v) is 2.88. The highest BCUT2D eigenvalue weighted by Gasteiger charge is 2.16. The van der Waals surface area contributed by atoms with Crippen molar-refractivity contribution in [3.63, 3.8) is 0 Å². The predicted octanol–water partition coefficient (Wildman–Crippen LogP) is 0.382. The Bertz CT molecular complexity index is 555. The molecule has 0 heterocycles. The molecule has 106 valence electrons. The number of rotatable bonds is 6. The number of hydrogen-bond acceptors (Lipinski definition) is 4. The number of sulfonamides is 1. The van der Waals surface area contributed by atoms with Gasteiger partial charge in [0, 0.05) is 25.2 Å². The lowest BCUT2D eigenvalue weighted by Gasteiger charge is -2.10. The molecular weight excluding hydrogens is 266 g/mol. The molecule has 1 aromatic rings. The molecule has 7 heteroatoms. The summed E-state index contributed by atoms with van der Waals surface area (Å²) in [5.74, 6) is -0.186. The molecule has 1 rings (SSSR count). The SMILES string of the molecule is CCNC(=O)CCNS(=O)(=O)c1cc(N)ccc1C. The number of benzene rings is 1. The molecule has 0 radical (unpaired) electrons. The average Bonchev–Trinajstić information content (AvgIpc) is 2.32. The summed E-state index contributed by atoms with van der Waals surface area (Å²) in [6.45, 7) is 4.08. The lowest BCUT2D eigenvalue weighted by atomic mass is 10.2. The molecule has 0 aliphatic heterocycles. The van der Waals surface area contributed by atoms with Crippen molar-refractivity contribution < 1.29 is 13.2 Å². The zero-order chi connectivity index (χ0) is 14.5. The van der Waals surface area contributed by atoms with Crippen LogP contribution in [0.1, 0.15) is 18.9 Å². The third kappa shape index (κ3) is 4.53. The highest BCUT2D eigenvalue weighted by Crippen LogP contribution is 2.17.